The van der Waals surface area contributed by atoms with Crippen molar-refractivity contribution in [1.29, 1.82) is 0 Å². The highest BCUT2D eigenvalue weighted by Crippen LogP contribution is 2.42. The molecule has 0 spiro atoms. The third-order valence-electron chi connectivity index (χ3n) is 4.66. The molecule has 1 aliphatic heterocycles. The van der Waals surface area contributed by atoms with Gasteiger partial charge in [-0.15, -0.1) is 0 Å². The molecule has 1 amide bonds. The summed E-state index contributed by atoms with van der Waals surface area (Å²) in [5.41, 5.74) is 3.33. The zero-order valence-electron chi connectivity index (χ0n) is 15.3. The second kappa shape index (κ2) is 7.02. The van der Waals surface area contributed by atoms with Gasteiger partial charge in [-0.2, -0.15) is 22.0 Å². The van der Waals surface area contributed by atoms with Crippen LogP contribution in [0.3, 0.4) is 0 Å². The Morgan fingerprint density at radius 3 is 2.31 bits per heavy atom. The van der Waals surface area contributed by atoms with Crippen LogP contribution in [0, 0.1) is 6.92 Å². The average molecular weight is 413 g/mol. The molecule has 0 fully saturated rings. The first-order chi connectivity index (χ1) is 13.5. The highest BCUT2D eigenvalue weighted by atomic mass is 19.4. The van der Waals surface area contributed by atoms with Crippen LogP contribution in [0.2, 0.25) is 0 Å². The SMILES string of the molecule is Cc1cc(C2(c3cccc(C(F)(F)F)c3)N=C(N)N(C)C2=O)ccc1OC(F)F. The summed E-state index contributed by atoms with van der Waals surface area (Å²) in [6.45, 7) is -1.58. The van der Waals surface area contributed by atoms with Gasteiger partial charge >= 0.3 is 12.8 Å². The van der Waals surface area contributed by atoms with Crippen molar-refractivity contribution < 1.29 is 31.5 Å². The molecule has 0 bridgehead atoms. The van der Waals surface area contributed by atoms with Crippen LogP contribution in [0.4, 0.5) is 22.0 Å². The quantitative estimate of drug-likeness (QED) is 0.779. The van der Waals surface area contributed by atoms with E-state index in [4.69, 9.17) is 5.73 Å². The molecule has 1 heterocycles. The zero-order chi connectivity index (χ0) is 21.6. The van der Waals surface area contributed by atoms with E-state index in [-0.39, 0.29) is 28.4 Å². The Labute approximate surface area is 162 Å². The third-order valence-corrected chi connectivity index (χ3v) is 4.66. The Bertz CT molecular complexity index is 990. The number of amides is 1. The summed E-state index contributed by atoms with van der Waals surface area (Å²) in [5.74, 6) is -0.979. The summed E-state index contributed by atoms with van der Waals surface area (Å²) in [5, 5.41) is 0. The molecular weight excluding hydrogens is 397 g/mol. The fourth-order valence-electron chi connectivity index (χ4n) is 3.21. The average Bonchev–Trinajstić information content (AvgIpc) is 2.87. The molecule has 1 unspecified atom stereocenters. The number of nitrogens with two attached hydrogens (primary N) is 1. The lowest BCUT2D eigenvalue weighted by molar-refractivity contribution is -0.138. The molecular formula is C19H16F5N3O2. The Morgan fingerprint density at radius 2 is 1.79 bits per heavy atom. The lowest BCUT2D eigenvalue weighted by Crippen LogP contribution is -2.41. The van der Waals surface area contributed by atoms with Crippen LogP contribution in [0.25, 0.3) is 0 Å². The number of ether oxygens (including phenoxy) is 1. The predicted octanol–water partition coefficient (Wildman–Crippen LogP) is 3.65. The van der Waals surface area contributed by atoms with E-state index in [1.165, 1.54) is 44.3 Å². The summed E-state index contributed by atoms with van der Waals surface area (Å²) in [6, 6.07) is 8.08. The first-order valence-electron chi connectivity index (χ1n) is 8.34. The van der Waals surface area contributed by atoms with Gasteiger partial charge in [0, 0.05) is 7.05 Å². The fourth-order valence-corrected chi connectivity index (χ4v) is 3.21. The van der Waals surface area contributed by atoms with Crippen molar-refractivity contribution in [1.82, 2.24) is 4.90 Å². The number of rotatable bonds is 4. The van der Waals surface area contributed by atoms with E-state index in [9.17, 15) is 26.7 Å². The molecule has 3 rings (SSSR count). The van der Waals surface area contributed by atoms with Crippen molar-refractivity contribution in [3.8, 4) is 5.75 Å². The molecule has 29 heavy (non-hydrogen) atoms. The molecule has 10 heteroatoms. The Kier molecular flexibility index (Phi) is 4.97. The maximum atomic E-state index is 13.2. The summed E-state index contributed by atoms with van der Waals surface area (Å²) in [7, 11) is 1.34. The number of halogens is 5. The largest absolute Gasteiger partial charge is 0.435 e. The van der Waals surface area contributed by atoms with E-state index in [0.29, 0.717) is 0 Å². The van der Waals surface area contributed by atoms with Crippen LogP contribution >= 0.6 is 0 Å². The Hall–Kier alpha value is -3.17. The Balaban J connectivity index is 2.23. The molecule has 154 valence electrons. The summed E-state index contributed by atoms with van der Waals surface area (Å²) < 4.78 is 69.1. The number of likely N-dealkylation sites (N-methyl/N-ethyl adjacent to an activating group) is 1. The second-order valence-corrected chi connectivity index (χ2v) is 6.48. The van der Waals surface area contributed by atoms with Crippen molar-refractivity contribution in [2.75, 3.05) is 7.05 Å². The van der Waals surface area contributed by atoms with Crippen LogP contribution < -0.4 is 10.5 Å². The van der Waals surface area contributed by atoms with Gasteiger partial charge in [0.1, 0.15) is 5.75 Å². The summed E-state index contributed by atoms with van der Waals surface area (Å²) in [4.78, 5) is 18.3. The number of aryl methyl sites for hydroxylation is 1. The van der Waals surface area contributed by atoms with Gasteiger partial charge in [0.05, 0.1) is 5.56 Å². The number of guanidine groups is 1. The number of carbonyl (C=O) groups is 1. The number of benzene rings is 2. The van der Waals surface area contributed by atoms with Gasteiger partial charge < -0.3 is 10.5 Å². The van der Waals surface area contributed by atoms with Crippen LogP contribution in [0.1, 0.15) is 22.3 Å². The maximum Gasteiger partial charge on any atom is 0.416 e. The van der Waals surface area contributed by atoms with Gasteiger partial charge in [-0.25, -0.2) is 4.99 Å². The molecule has 0 saturated heterocycles. The highest BCUT2D eigenvalue weighted by Gasteiger charge is 2.50. The summed E-state index contributed by atoms with van der Waals surface area (Å²) in [6.07, 6.45) is -4.63. The van der Waals surface area contributed by atoms with E-state index in [1.807, 2.05) is 0 Å². The van der Waals surface area contributed by atoms with Gasteiger partial charge in [0.25, 0.3) is 5.91 Å². The fraction of sp³-hybridized carbons (Fsp3) is 0.263. The standard InChI is InChI=1S/C19H16F5N3O2/c1-10-8-12(6-7-14(10)29-16(20)21)18(15(28)27(2)17(25)26-18)11-4-3-5-13(9-11)19(22,23)24/h3-9,16H,1-2H3,(H2,25,26). The van der Waals surface area contributed by atoms with Crippen molar-refractivity contribution in [3.63, 3.8) is 0 Å². The van der Waals surface area contributed by atoms with E-state index < -0.39 is 29.8 Å². The van der Waals surface area contributed by atoms with E-state index in [0.717, 1.165) is 17.0 Å². The molecule has 0 radical (unpaired) electrons. The van der Waals surface area contributed by atoms with Crippen molar-refractivity contribution >= 4 is 11.9 Å². The van der Waals surface area contributed by atoms with E-state index in [1.54, 1.807) is 0 Å². The van der Waals surface area contributed by atoms with Crippen LogP contribution in [0.15, 0.2) is 47.5 Å². The Morgan fingerprint density at radius 1 is 1.14 bits per heavy atom. The number of nitrogens with zero attached hydrogens (tertiary/aromatic N) is 2. The first kappa shape index (κ1) is 20.6. The maximum absolute atomic E-state index is 13.2. The minimum Gasteiger partial charge on any atom is -0.435 e. The second-order valence-electron chi connectivity index (χ2n) is 6.48. The van der Waals surface area contributed by atoms with E-state index in [2.05, 4.69) is 9.73 Å². The predicted molar refractivity (Wildman–Crippen MR) is 94.4 cm³/mol. The van der Waals surface area contributed by atoms with Crippen LogP contribution in [-0.2, 0) is 16.5 Å². The highest BCUT2D eigenvalue weighted by molar-refractivity contribution is 6.08. The van der Waals surface area contributed by atoms with Crippen LogP contribution in [-0.4, -0.2) is 30.4 Å². The number of hydrogen-bond donors (Lipinski definition) is 1. The molecule has 1 atom stereocenters. The molecule has 5 nitrogen and oxygen atoms in total. The molecule has 2 N–H and O–H groups in total. The number of carbonyl (C=O) groups excluding carboxylic acids is 1. The monoisotopic (exact) mass is 413 g/mol. The van der Waals surface area contributed by atoms with Gasteiger partial charge in [-0.05, 0) is 47.9 Å². The number of alkyl halides is 5. The van der Waals surface area contributed by atoms with Crippen molar-refractivity contribution in [2.24, 2.45) is 10.7 Å². The minimum atomic E-state index is -4.63. The normalized spacial score (nSPS) is 19.7. The lowest BCUT2D eigenvalue weighted by atomic mass is 9.81. The third kappa shape index (κ3) is 3.50. The minimum absolute atomic E-state index is 0.0495. The van der Waals surface area contributed by atoms with Crippen molar-refractivity contribution in [2.45, 2.75) is 25.3 Å². The van der Waals surface area contributed by atoms with Crippen molar-refractivity contribution in [3.05, 3.63) is 64.7 Å². The molecule has 0 saturated carbocycles. The molecule has 0 aromatic heterocycles. The number of aliphatic imine (C=N–C) groups is 1. The topological polar surface area (TPSA) is 67.9 Å². The zero-order valence-corrected chi connectivity index (χ0v) is 15.3. The smallest absolute Gasteiger partial charge is 0.416 e. The first-order valence-corrected chi connectivity index (χ1v) is 8.34. The molecule has 1 aliphatic rings. The number of hydrogen-bond acceptors (Lipinski definition) is 4. The molecule has 0 aliphatic carbocycles. The molecule has 2 aromatic rings. The van der Waals surface area contributed by atoms with Gasteiger partial charge in [0.2, 0.25) is 0 Å². The van der Waals surface area contributed by atoms with Gasteiger partial charge in [-0.1, -0.05) is 18.2 Å². The lowest BCUT2D eigenvalue weighted by Gasteiger charge is -2.27. The van der Waals surface area contributed by atoms with E-state index >= 15 is 0 Å². The van der Waals surface area contributed by atoms with Crippen LogP contribution in [0.5, 0.6) is 5.75 Å². The van der Waals surface area contributed by atoms with Gasteiger partial charge in [0.15, 0.2) is 11.5 Å². The van der Waals surface area contributed by atoms with Gasteiger partial charge in [-0.3, -0.25) is 9.69 Å². The molecule has 2 aromatic carbocycles. The summed E-state index contributed by atoms with van der Waals surface area (Å²) >= 11 is 0.